The summed E-state index contributed by atoms with van der Waals surface area (Å²) in [5.41, 5.74) is 4.35. The molecule has 0 aromatic heterocycles. The van der Waals surface area contributed by atoms with Gasteiger partial charge in [-0.25, -0.2) is 9.59 Å². The number of hydrogen-bond donors (Lipinski definition) is 4. The highest BCUT2D eigenvalue weighted by Gasteiger charge is 2.29. The zero-order valence-corrected chi connectivity index (χ0v) is 15.8. The van der Waals surface area contributed by atoms with Gasteiger partial charge in [0, 0.05) is 5.92 Å². The molecule has 0 spiro atoms. The van der Waals surface area contributed by atoms with Crippen molar-refractivity contribution in [1.29, 1.82) is 0 Å². The van der Waals surface area contributed by atoms with Gasteiger partial charge in [-0.2, -0.15) is 0 Å². The number of benzene rings is 2. The zero-order valence-electron chi connectivity index (χ0n) is 15.8. The Hall–Kier alpha value is -3.39. The first kappa shape index (κ1) is 20.3. The Balaban J connectivity index is 1.60. The summed E-state index contributed by atoms with van der Waals surface area (Å²) in [7, 11) is 0. The third kappa shape index (κ3) is 4.38. The van der Waals surface area contributed by atoms with Crippen LogP contribution < -0.4 is 10.6 Å². The van der Waals surface area contributed by atoms with Crippen molar-refractivity contribution in [3.8, 4) is 11.1 Å². The minimum absolute atomic E-state index is 0.0998. The minimum Gasteiger partial charge on any atom is -0.480 e. The monoisotopic (exact) mass is 398 g/mol. The van der Waals surface area contributed by atoms with Crippen LogP contribution in [-0.2, 0) is 14.3 Å². The van der Waals surface area contributed by atoms with Crippen LogP contribution in [0.1, 0.15) is 24.0 Å². The molecule has 29 heavy (non-hydrogen) atoms. The molecule has 8 nitrogen and oxygen atoms in total. The van der Waals surface area contributed by atoms with E-state index in [4.69, 9.17) is 14.9 Å². The van der Waals surface area contributed by atoms with E-state index in [9.17, 15) is 14.4 Å². The van der Waals surface area contributed by atoms with Gasteiger partial charge in [0.05, 0.1) is 6.61 Å². The second-order valence-electron chi connectivity index (χ2n) is 6.77. The van der Waals surface area contributed by atoms with Crippen LogP contribution in [0.3, 0.4) is 0 Å². The lowest BCUT2D eigenvalue weighted by Gasteiger charge is -2.18. The molecule has 0 saturated heterocycles. The molecular weight excluding hydrogens is 376 g/mol. The van der Waals surface area contributed by atoms with Crippen molar-refractivity contribution in [1.82, 2.24) is 10.6 Å². The number of fused-ring (bicyclic) bond motifs is 3. The second-order valence-corrected chi connectivity index (χ2v) is 6.77. The minimum atomic E-state index is -1.44. The van der Waals surface area contributed by atoms with Gasteiger partial charge in [0.2, 0.25) is 5.91 Å². The maximum absolute atomic E-state index is 12.1. The standard InChI is InChI=1S/C21H22N2O6/c1-12(19(25)23-18(10-24)20(26)27)22-21(28)29-11-17-15-8-4-2-6-13(15)14-7-3-5-9-16(14)17/h2-9,12,17-18,24H,10-11H2,1H3,(H,22,28)(H,23,25)(H,26,27)/t12?,18-/m0/s1. The molecule has 1 aliphatic carbocycles. The number of amides is 2. The average molecular weight is 398 g/mol. The highest BCUT2D eigenvalue weighted by atomic mass is 16.5. The van der Waals surface area contributed by atoms with Gasteiger partial charge >= 0.3 is 12.1 Å². The van der Waals surface area contributed by atoms with E-state index in [1.165, 1.54) is 6.92 Å². The predicted octanol–water partition coefficient (Wildman–Crippen LogP) is 1.48. The van der Waals surface area contributed by atoms with E-state index >= 15 is 0 Å². The summed E-state index contributed by atoms with van der Waals surface area (Å²) in [6.07, 6.45) is -0.787. The number of nitrogens with one attached hydrogen (secondary N) is 2. The molecule has 2 atom stereocenters. The normalized spacial score (nSPS) is 14.3. The summed E-state index contributed by atoms with van der Waals surface area (Å²) < 4.78 is 5.34. The van der Waals surface area contributed by atoms with E-state index in [1.54, 1.807) is 0 Å². The molecule has 0 heterocycles. The number of carbonyl (C=O) groups excluding carboxylic acids is 2. The van der Waals surface area contributed by atoms with Crippen LogP contribution in [0.15, 0.2) is 48.5 Å². The lowest BCUT2D eigenvalue weighted by atomic mass is 9.98. The molecule has 152 valence electrons. The van der Waals surface area contributed by atoms with Gasteiger partial charge < -0.3 is 25.6 Å². The molecule has 0 aliphatic heterocycles. The van der Waals surface area contributed by atoms with E-state index in [0.717, 1.165) is 22.3 Å². The Bertz CT molecular complexity index is 883. The van der Waals surface area contributed by atoms with Crippen LogP contribution in [-0.4, -0.2) is 53.5 Å². The fourth-order valence-electron chi connectivity index (χ4n) is 3.36. The smallest absolute Gasteiger partial charge is 0.407 e. The molecule has 1 aliphatic rings. The Kier molecular flexibility index (Phi) is 6.13. The number of carbonyl (C=O) groups is 3. The zero-order chi connectivity index (χ0) is 21.0. The summed E-state index contributed by atoms with van der Waals surface area (Å²) >= 11 is 0. The van der Waals surface area contributed by atoms with Gasteiger partial charge in [-0.1, -0.05) is 48.5 Å². The Morgan fingerprint density at radius 3 is 2.07 bits per heavy atom. The van der Waals surface area contributed by atoms with Crippen LogP contribution in [0.2, 0.25) is 0 Å². The van der Waals surface area contributed by atoms with Crippen LogP contribution >= 0.6 is 0 Å². The number of carboxylic acids is 1. The molecule has 1 unspecified atom stereocenters. The number of aliphatic hydroxyl groups excluding tert-OH is 1. The third-order valence-electron chi connectivity index (χ3n) is 4.87. The lowest BCUT2D eigenvalue weighted by molar-refractivity contribution is -0.143. The Morgan fingerprint density at radius 2 is 1.55 bits per heavy atom. The predicted molar refractivity (Wildman–Crippen MR) is 104 cm³/mol. The number of carboxylic acid groups (broad SMARTS) is 1. The highest BCUT2D eigenvalue weighted by Crippen LogP contribution is 2.44. The number of hydrogen-bond acceptors (Lipinski definition) is 5. The number of rotatable bonds is 7. The third-order valence-corrected chi connectivity index (χ3v) is 4.87. The Morgan fingerprint density at radius 1 is 1.00 bits per heavy atom. The van der Waals surface area contributed by atoms with E-state index < -0.39 is 36.7 Å². The number of aliphatic carboxylic acids is 1. The quantitative estimate of drug-likeness (QED) is 0.560. The molecule has 2 amide bonds. The molecule has 2 aromatic carbocycles. The second kappa shape index (κ2) is 8.74. The van der Waals surface area contributed by atoms with Crippen molar-refractivity contribution in [2.45, 2.75) is 24.9 Å². The SMILES string of the molecule is CC(NC(=O)OCC1c2ccccc2-c2ccccc21)C(=O)N[C@@H](CO)C(=O)O. The molecule has 0 radical (unpaired) electrons. The molecule has 2 aromatic rings. The fraction of sp³-hybridized carbons (Fsp3) is 0.286. The van der Waals surface area contributed by atoms with Gasteiger partial charge in [0.15, 0.2) is 0 Å². The number of ether oxygens (including phenoxy) is 1. The summed E-state index contributed by atoms with van der Waals surface area (Å²) in [4.78, 5) is 35.0. The first-order chi connectivity index (χ1) is 13.9. The number of alkyl carbamates (subject to hydrolysis) is 1. The maximum Gasteiger partial charge on any atom is 0.407 e. The van der Waals surface area contributed by atoms with Gasteiger partial charge in [-0.05, 0) is 29.2 Å². The average Bonchev–Trinajstić information content (AvgIpc) is 3.03. The topological polar surface area (TPSA) is 125 Å². The van der Waals surface area contributed by atoms with Crippen LogP contribution in [0.25, 0.3) is 11.1 Å². The van der Waals surface area contributed by atoms with E-state index in [0.29, 0.717) is 0 Å². The molecular formula is C21H22N2O6. The van der Waals surface area contributed by atoms with Crippen LogP contribution in [0.4, 0.5) is 4.79 Å². The molecule has 4 N–H and O–H groups in total. The molecule has 0 bridgehead atoms. The van der Waals surface area contributed by atoms with Crippen molar-refractivity contribution in [2.24, 2.45) is 0 Å². The fourth-order valence-corrected chi connectivity index (χ4v) is 3.36. The number of aliphatic hydroxyl groups is 1. The van der Waals surface area contributed by atoms with E-state index in [-0.39, 0.29) is 12.5 Å². The highest BCUT2D eigenvalue weighted by molar-refractivity contribution is 5.89. The van der Waals surface area contributed by atoms with E-state index in [2.05, 4.69) is 10.6 Å². The van der Waals surface area contributed by atoms with Crippen molar-refractivity contribution in [3.05, 3.63) is 59.7 Å². The largest absolute Gasteiger partial charge is 0.480 e. The molecule has 3 rings (SSSR count). The molecule has 0 saturated carbocycles. The summed E-state index contributed by atoms with van der Waals surface area (Å²) in [5, 5.41) is 22.3. The Labute approximate surface area is 167 Å². The van der Waals surface area contributed by atoms with Gasteiger partial charge in [0.25, 0.3) is 0 Å². The maximum atomic E-state index is 12.1. The van der Waals surface area contributed by atoms with Crippen molar-refractivity contribution < 1.29 is 29.3 Å². The van der Waals surface area contributed by atoms with Crippen molar-refractivity contribution in [2.75, 3.05) is 13.2 Å². The van der Waals surface area contributed by atoms with Gasteiger partial charge in [-0.3, -0.25) is 4.79 Å². The summed E-state index contributed by atoms with van der Waals surface area (Å²) in [5.74, 6) is -2.21. The first-order valence-corrected chi connectivity index (χ1v) is 9.18. The molecule has 0 fully saturated rings. The van der Waals surface area contributed by atoms with Crippen molar-refractivity contribution in [3.63, 3.8) is 0 Å². The molecule has 8 heteroatoms. The van der Waals surface area contributed by atoms with E-state index in [1.807, 2.05) is 48.5 Å². The van der Waals surface area contributed by atoms with Crippen LogP contribution in [0, 0.1) is 0 Å². The van der Waals surface area contributed by atoms with Gasteiger partial charge in [0.1, 0.15) is 18.7 Å². The van der Waals surface area contributed by atoms with Gasteiger partial charge in [-0.15, -0.1) is 0 Å². The van der Waals surface area contributed by atoms with Crippen molar-refractivity contribution >= 4 is 18.0 Å². The summed E-state index contributed by atoms with van der Waals surface area (Å²) in [6, 6.07) is 13.4. The van der Waals surface area contributed by atoms with Crippen LogP contribution in [0.5, 0.6) is 0 Å². The first-order valence-electron chi connectivity index (χ1n) is 9.18. The lowest BCUT2D eigenvalue weighted by Crippen LogP contribution is -2.51. The summed E-state index contributed by atoms with van der Waals surface area (Å²) in [6.45, 7) is 0.744.